The number of hydrogen-bond acceptors (Lipinski definition) is 3. The minimum absolute atomic E-state index is 0.396. The Balaban J connectivity index is 2.00. The number of rotatable bonds is 7. The third-order valence-electron chi connectivity index (χ3n) is 5.86. The Kier molecular flexibility index (Phi) is 5.49. The van der Waals surface area contributed by atoms with Crippen molar-refractivity contribution in [2.45, 2.75) is 51.3 Å². The highest BCUT2D eigenvalue weighted by Gasteiger charge is 2.38. The second-order valence-corrected chi connectivity index (χ2v) is 11.7. The summed E-state index contributed by atoms with van der Waals surface area (Å²) in [6, 6.07) is 17.5. The molecular weight excluding hydrogens is 327 g/mol. The molecule has 5 heteroatoms. The van der Waals surface area contributed by atoms with Crippen LogP contribution in [0.4, 0.5) is 0 Å². The quantitative estimate of drug-likeness (QED) is 0.728. The highest BCUT2D eigenvalue weighted by atomic mass is 28.4. The standard InChI is InChI=1S/C20H27BO3Si/c1-4-25(5-2,6-3)24-14-15-10-9-13-17-16-11-7-8-12-18(16)20(19(15)17)21(22)23/h7-13,20,22-23H,4-6,14H2,1-3H3. The van der Waals surface area contributed by atoms with E-state index >= 15 is 0 Å². The maximum absolute atomic E-state index is 10.1. The van der Waals surface area contributed by atoms with Gasteiger partial charge in [-0.05, 0) is 45.9 Å². The average molecular weight is 354 g/mol. The van der Waals surface area contributed by atoms with Crippen LogP contribution in [-0.2, 0) is 11.0 Å². The molecule has 25 heavy (non-hydrogen) atoms. The fourth-order valence-electron chi connectivity index (χ4n) is 4.11. The second-order valence-electron chi connectivity index (χ2n) is 6.89. The van der Waals surface area contributed by atoms with Gasteiger partial charge >= 0.3 is 7.12 Å². The van der Waals surface area contributed by atoms with E-state index in [9.17, 15) is 10.0 Å². The minimum Gasteiger partial charge on any atom is -0.426 e. The zero-order chi connectivity index (χ0) is 18.0. The Morgan fingerprint density at radius 3 is 2.20 bits per heavy atom. The summed E-state index contributed by atoms with van der Waals surface area (Å²) in [7, 11) is -3.10. The van der Waals surface area contributed by atoms with E-state index < -0.39 is 21.3 Å². The summed E-state index contributed by atoms with van der Waals surface area (Å²) in [5, 5.41) is 20.1. The third kappa shape index (κ3) is 3.22. The molecule has 0 heterocycles. The third-order valence-corrected chi connectivity index (χ3v) is 10.5. The predicted molar refractivity (Wildman–Crippen MR) is 106 cm³/mol. The number of benzene rings is 2. The van der Waals surface area contributed by atoms with E-state index in [0.29, 0.717) is 6.61 Å². The monoisotopic (exact) mass is 354 g/mol. The summed E-state index contributed by atoms with van der Waals surface area (Å²) >= 11 is 0. The van der Waals surface area contributed by atoms with Gasteiger partial charge in [-0.25, -0.2) is 0 Å². The highest BCUT2D eigenvalue weighted by Crippen LogP contribution is 2.46. The van der Waals surface area contributed by atoms with E-state index in [1.807, 2.05) is 24.3 Å². The molecule has 1 aliphatic carbocycles. The zero-order valence-corrected chi connectivity index (χ0v) is 16.3. The van der Waals surface area contributed by atoms with Crippen LogP contribution in [0.5, 0.6) is 0 Å². The van der Waals surface area contributed by atoms with Gasteiger partial charge in [-0.2, -0.15) is 0 Å². The smallest absolute Gasteiger partial charge is 0.426 e. The number of fused-ring (bicyclic) bond motifs is 3. The molecule has 2 aromatic rings. The van der Waals surface area contributed by atoms with Crippen LogP contribution in [-0.4, -0.2) is 25.5 Å². The van der Waals surface area contributed by atoms with E-state index in [1.54, 1.807) is 0 Å². The molecule has 132 valence electrons. The zero-order valence-electron chi connectivity index (χ0n) is 15.3. The van der Waals surface area contributed by atoms with E-state index in [2.05, 4.69) is 39.0 Å². The van der Waals surface area contributed by atoms with Crippen molar-refractivity contribution in [2.75, 3.05) is 0 Å². The van der Waals surface area contributed by atoms with Crippen LogP contribution in [0, 0.1) is 0 Å². The minimum atomic E-state index is -1.69. The molecule has 0 radical (unpaired) electrons. The maximum Gasteiger partial charge on any atom is 0.464 e. The normalized spacial score (nSPS) is 15.8. The Morgan fingerprint density at radius 2 is 1.56 bits per heavy atom. The lowest BCUT2D eigenvalue weighted by Crippen LogP contribution is -2.35. The van der Waals surface area contributed by atoms with Crippen molar-refractivity contribution in [3.63, 3.8) is 0 Å². The van der Waals surface area contributed by atoms with Gasteiger partial charge in [0, 0.05) is 5.82 Å². The van der Waals surface area contributed by atoms with Crippen molar-refractivity contribution in [1.82, 2.24) is 0 Å². The first-order chi connectivity index (χ1) is 12.1. The first-order valence-corrected chi connectivity index (χ1v) is 11.8. The van der Waals surface area contributed by atoms with Crippen molar-refractivity contribution in [3.05, 3.63) is 59.2 Å². The van der Waals surface area contributed by atoms with Gasteiger partial charge in [0.1, 0.15) is 0 Å². The summed E-state index contributed by atoms with van der Waals surface area (Å²) in [5.74, 6) is -0.396. The average Bonchev–Trinajstić information content (AvgIpc) is 2.99. The summed E-state index contributed by atoms with van der Waals surface area (Å²) in [6.45, 7) is 7.24. The fraction of sp³-hybridized carbons (Fsp3) is 0.400. The highest BCUT2D eigenvalue weighted by molar-refractivity contribution is 6.73. The molecule has 1 atom stereocenters. The Bertz CT molecular complexity index is 735. The summed E-state index contributed by atoms with van der Waals surface area (Å²) in [5.41, 5.74) is 5.29. The van der Waals surface area contributed by atoms with Crippen molar-refractivity contribution >= 4 is 15.4 Å². The van der Waals surface area contributed by atoms with Crippen molar-refractivity contribution < 1.29 is 14.5 Å². The SMILES string of the molecule is CC[Si](CC)(CC)OCc1cccc2c1C(B(O)O)c1ccccc1-2. The van der Waals surface area contributed by atoms with Gasteiger partial charge in [0.05, 0.1) is 6.61 Å². The molecule has 2 aromatic carbocycles. The molecule has 3 nitrogen and oxygen atoms in total. The van der Waals surface area contributed by atoms with E-state index in [0.717, 1.165) is 45.9 Å². The van der Waals surface area contributed by atoms with E-state index in [4.69, 9.17) is 4.43 Å². The largest absolute Gasteiger partial charge is 0.464 e. The molecule has 0 aliphatic heterocycles. The molecule has 2 N–H and O–H groups in total. The topological polar surface area (TPSA) is 49.7 Å². The molecule has 1 aliphatic rings. The molecule has 3 rings (SSSR count). The molecule has 0 amide bonds. The van der Waals surface area contributed by atoms with Gasteiger partial charge in [-0.1, -0.05) is 63.2 Å². The van der Waals surface area contributed by atoms with Gasteiger partial charge in [0.25, 0.3) is 0 Å². The van der Waals surface area contributed by atoms with Gasteiger partial charge in [0.15, 0.2) is 8.32 Å². The second kappa shape index (κ2) is 7.46. The molecule has 0 fully saturated rings. The van der Waals surface area contributed by atoms with Crippen molar-refractivity contribution in [2.24, 2.45) is 0 Å². The molecular formula is C20H27BO3Si. The molecule has 0 spiro atoms. The Labute approximate surface area is 152 Å². The predicted octanol–water partition coefficient (Wildman–Crippen LogP) is 4.33. The lowest BCUT2D eigenvalue weighted by Gasteiger charge is -2.29. The van der Waals surface area contributed by atoms with Gasteiger partial charge < -0.3 is 14.5 Å². The fourth-order valence-corrected chi connectivity index (χ4v) is 6.68. The first-order valence-electron chi connectivity index (χ1n) is 9.28. The Morgan fingerprint density at radius 1 is 0.920 bits per heavy atom. The van der Waals surface area contributed by atoms with Crippen LogP contribution in [0.2, 0.25) is 18.1 Å². The molecule has 0 saturated carbocycles. The van der Waals surface area contributed by atoms with E-state index in [1.165, 1.54) is 0 Å². The summed E-state index contributed by atoms with van der Waals surface area (Å²) < 4.78 is 6.49. The van der Waals surface area contributed by atoms with Crippen LogP contribution in [0.3, 0.4) is 0 Å². The Hall–Kier alpha value is -1.40. The van der Waals surface area contributed by atoms with Gasteiger partial charge in [-0.15, -0.1) is 0 Å². The maximum atomic E-state index is 10.1. The van der Waals surface area contributed by atoms with Crippen LogP contribution < -0.4 is 0 Å². The lowest BCUT2D eigenvalue weighted by molar-refractivity contribution is 0.286. The van der Waals surface area contributed by atoms with Crippen LogP contribution in [0.15, 0.2) is 42.5 Å². The van der Waals surface area contributed by atoms with Gasteiger partial charge in [0.2, 0.25) is 0 Å². The first kappa shape index (κ1) is 18.4. The van der Waals surface area contributed by atoms with Crippen LogP contribution >= 0.6 is 0 Å². The molecule has 1 unspecified atom stereocenters. The number of hydrogen-bond donors (Lipinski definition) is 2. The lowest BCUT2D eigenvalue weighted by atomic mass is 9.66. The van der Waals surface area contributed by atoms with Crippen molar-refractivity contribution in [3.8, 4) is 11.1 Å². The molecule has 0 bridgehead atoms. The van der Waals surface area contributed by atoms with Crippen LogP contribution in [0.25, 0.3) is 11.1 Å². The van der Waals surface area contributed by atoms with Gasteiger partial charge in [-0.3, -0.25) is 0 Å². The summed E-state index contributed by atoms with van der Waals surface area (Å²) in [4.78, 5) is 0. The molecule has 0 saturated heterocycles. The van der Waals surface area contributed by atoms with E-state index in [-0.39, 0.29) is 0 Å². The summed E-state index contributed by atoms with van der Waals surface area (Å²) in [6.07, 6.45) is 0. The van der Waals surface area contributed by atoms with Crippen LogP contribution in [0.1, 0.15) is 43.3 Å². The van der Waals surface area contributed by atoms with Crippen molar-refractivity contribution in [1.29, 1.82) is 0 Å². The molecule has 0 aromatic heterocycles.